The number of nitrogens with one attached hydrogen (secondary N) is 1. The van der Waals surface area contributed by atoms with Gasteiger partial charge in [-0.2, -0.15) is 0 Å². The molecule has 1 saturated carbocycles. The predicted octanol–water partition coefficient (Wildman–Crippen LogP) is 2.40. The van der Waals surface area contributed by atoms with Gasteiger partial charge in [-0.25, -0.2) is 4.79 Å². The summed E-state index contributed by atoms with van der Waals surface area (Å²) < 4.78 is 5.30. The second kappa shape index (κ2) is 5.89. The number of fused-ring (bicyclic) bond motifs is 1. The van der Waals surface area contributed by atoms with E-state index in [9.17, 15) is 14.4 Å². The molecule has 0 aromatic heterocycles. The molecule has 0 spiro atoms. The van der Waals surface area contributed by atoms with Gasteiger partial charge in [0.1, 0.15) is 0 Å². The number of benzene rings is 1. The molecule has 0 saturated heterocycles. The van der Waals surface area contributed by atoms with Gasteiger partial charge in [0.2, 0.25) is 5.91 Å². The fourth-order valence-corrected chi connectivity index (χ4v) is 3.27. The lowest BCUT2D eigenvalue weighted by Crippen LogP contribution is -2.30. The van der Waals surface area contributed by atoms with Crippen LogP contribution >= 0.6 is 11.8 Å². The topological polar surface area (TPSA) is 72.5 Å². The molecular formula is C15H15NO4S. The van der Waals surface area contributed by atoms with Crippen LogP contribution in [0.3, 0.4) is 0 Å². The van der Waals surface area contributed by atoms with E-state index < -0.39 is 12.1 Å². The number of esters is 1. The van der Waals surface area contributed by atoms with Crippen LogP contribution in [0.4, 0.5) is 5.69 Å². The van der Waals surface area contributed by atoms with Crippen molar-refractivity contribution >= 4 is 35.1 Å². The van der Waals surface area contributed by atoms with Gasteiger partial charge in [-0.15, -0.1) is 11.8 Å². The molecule has 5 nitrogen and oxygen atoms in total. The summed E-state index contributed by atoms with van der Waals surface area (Å²) in [7, 11) is 0. The maximum Gasteiger partial charge on any atom is 0.338 e. The van der Waals surface area contributed by atoms with Crippen LogP contribution in [-0.4, -0.2) is 29.5 Å². The third kappa shape index (κ3) is 3.10. The first-order valence-electron chi connectivity index (χ1n) is 6.94. The molecule has 2 aliphatic rings. The number of anilines is 1. The number of thioether (sulfide) groups is 1. The molecule has 1 aliphatic carbocycles. The summed E-state index contributed by atoms with van der Waals surface area (Å²) in [6.07, 6.45) is 2.23. The summed E-state index contributed by atoms with van der Waals surface area (Å²) in [5.41, 5.74) is 0.982. The van der Waals surface area contributed by atoms with Crippen molar-refractivity contribution < 1.29 is 19.1 Å². The van der Waals surface area contributed by atoms with E-state index in [0.717, 1.165) is 17.7 Å². The first kappa shape index (κ1) is 14.1. The van der Waals surface area contributed by atoms with E-state index in [1.165, 1.54) is 11.8 Å². The summed E-state index contributed by atoms with van der Waals surface area (Å²) >= 11 is 1.44. The summed E-state index contributed by atoms with van der Waals surface area (Å²) in [5.74, 6) is -0.215. The number of amides is 1. The maximum atomic E-state index is 12.1. The number of carbonyl (C=O) groups is 3. The minimum Gasteiger partial charge on any atom is -0.451 e. The van der Waals surface area contributed by atoms with Gasteiger partial charge >= 0.3 is 5.97 Å². The van der Waals surface area contributed by atoms with E-state index in [-0.39, 0.29) is 11.7 Å². The van der Waals surface area contributed by atoms with E-state index in [1.807, 2.05) is 0 Å². The predicted molar refractivity (Wildman–Crippen MR) is 78.5 cm³/mol. The summed E-state index contributed by atoms with van der Waals surface area (Å²) in [6.45, 7) is 0. The molecule has 6 heteroatoms. The Hall–Kier alpha value is -1.82. The van der Waals surface area contributed by atoms with Crippen molar-refractivity contribution in [3.05, 3.63) is 23.8 Å². The lowest BCUT2D eigenvalue weighted by molar-refractivity contribution is -0.129. The fraction of sp³-hybridized carbons (Fsp3) is 0.400. The van der Waals surface area contributed by atoms with Crippen molar-refractivity contribution in [1.29, 1.82) is 0 Å². The Kier molecular flexibility index (Phi) is 3.96. The summed E-state index contributed by atoms with van der Waals surface area (Å²) in [4.78, 5) is 36.1. The number of ketones is 1. The molecular weight excluding hydrogens is 290 g/mol. The minimum atomic E-state index is -0.619. The van der Waals surface area contributed by atoms with E-state index in [2.05, 4.69) is 5.32 Å². The fourth-order valence-electron chi connectivity index (χ4n) is 2.48. The molecule has 0 unspecified atom stereocenters. The van der Waals surface area contributed by atoms with Crippen molar-refractivity contribution in [2.75, 3.05) is 11.1 Å². The SMILES string of the molecule is O=C1CSc2ccc(C(=O)O[C@@H]3CCCCC3=O)cc2N1. The highest BCUT2D eigenvalue weighted by atomic mass is 32.2. The van der Waals surface area contributed by atoms with Crippen molar-refractivity contribution in [2.45, 2.75) is 36.7 Å². The number of Topliss-reactive ketones (excluding diaryl/α,β-unsaturated/α-hetero) is 1. The largest absolute Gasteiger partial charge is 0.451 e. The number of hydrogen-bond acceptors (Lipinski definition) is 5. The molecule has 1 aromatic carbocycles. The lowest BCUT2D eigenvalue weighted by Gasteiger charge is -2.21. The number of carbonyl (C=O) groups excluding carboxylic acids is 3. The van der Waals surface area contributed by atoms with Crippen LogP contribution in [0.1, 0.15) is 36.0 Å². The van der Waals surface area contributed by atoms with Gasteiger partial charge in [-0.3, -0.25) is 9.59 Å². The quantitative estimate of drug-likeness (QED) is 0.849. The molecule has 1 aromatic rings. The van der Waals surface area contributed by atoms with Crippen LogP contribution in [0.5, 0.6) is 0 Å². The van der Waals surface area contributed by atoms with Crippen LogP contribution in [-0.2, 0) is 14.3 Å². The van der Waals surface area contributed by atoms with Gasteiger partial charge in [0.25, 0.3) is 0 Å². The van der Waals surface area contributed by atoms with E-state index in [1.54, 1.807) is 18.2 Å². The van der Waals surface area contributed by atoms with Crippen LogP contribution in [0.25, 0.3) is 0 Å². The lowest BCUT2D eigenvalue weighted by atomic mass is 9.96. The zero-order chi connectivity index (χ0) is 14.8. The molecule has 1 fully saturated rings. The van der Waals surface area contributed by atoms with Gasteiger partial charge in [-0.05, 0) is 37.5 Å². The molecule has 110 valence electrons. The first-order chi connectivity index (χ1) is 10.1. The molecule has 21 heavy (non-hydrogen) atoms. The molecule has 1 heterocycles. The van der Waals surface area contributed by atoms with Crippen molar-refractivity contribution in [3.8, 4) is 0 Å². The molecule has 1 amide bonds. The van der Waals surface area contributed by atoms with Crippen LogP contribution in [0.15, 0.2) is 23.1 Å². The van der Waals surface area contributed by atoms with Gasteiger partial charge in [-0.1, -0.05) is 0 Å². The number of ether oxygens (including phenoxy) is 1. The van der Waals surface area contributed by atoms with Crippen LogP contribution in [0, 0.1) is 0 Å². The van der Waals surface area contributed by atoms with Crippen molar-refractivity contribution in [3.63, 3.8) is 0 Å². The Labute approximate surface area is 126 Å². The Morgan fingerprint density at radius 1 is 1.29 bits per heavy atom. The Balaban J connectivity index is 1.74. The number of hydrogen-bond donors (Lipinski definition) is 1. The van der Waals surface area contributed by atoms with E-state index in [4.69, 9.17) is 4.74 Å². The smallest absolute Gasteiger partial charge is 0.338 e. The highest BCUT2D eigenvalue weighted by Crippen LogP contribution is 2.32. The Morgan fingerprint density at radius 3 is 2.95 bits per heavy atom. The second-order valence-corrected chi connectivity index (χ2v) is 6.17. The number of rotatable bonds is 2. The van der Waals surface area contributed by atoms with E-state index in [0.29, 0.717) is 29.8 Å². The molecule has 0 bridgehead atoms. The molecule has 3 rings (SSSR count). The highest BCUT2D eigenvalue weighted by molar-refractivity contribution is 8.00. The Morgan fingerprint density at radius 2 is 2.14 bits per heavy atom. The summed E-state index contributed by atoms with van der Waals surface area (Å²) in [6, 6.07) is 5.06. The average Bonchev–Trinajstić information content (AvgIpc) is 2.48. The monoisotopic (exact) mass is 305 g/mol. The van der Waals surface area contributed by atoms with E-state index >= 15 is 0 Å². The van der Waals surface area contributed by atoms with Crippen molar-refractivity contribution in [2.24, 2.45) is 0 Å². The molecule has 1 aliphatic heterocycles. The zero-order valence-corrected chi connectivity index (χ0v) is 12.2. The third-order valence-corrected chi connectivity index (χ3v) is 4.67. The standard InChI is InChI=1S/C15H15NO4S/c17-11-3-1-2-4-12(11)20-15(19)9-5-6-13-10(7-9)16-14(18)8-21-13/h5-7,12H,1-4,8H2,(H,16,18)/t12-/m1/s1. The highest BCUT2D eigenvalue weighted by Gasteiger charge is 2.27. The molecule has 1 N–H and O–H groups in total. The average molecular weight is 305 g/mol. The Bertz CT molecular complexity index is 614. The third-order valence-electron chi connectivity index (χ3n) is 3.60. The van der Waals surface area contributed by atoms with Gasteiger partial charge < -0.3 is 10.1 Å². The van der Waals surface area contributed by atoms with Gasteiger partial charge in [0.05, 0.1) is 17.0 Å². The summed E-state index contributed by atoms with van der Waals surface area (Å²) in [5, 5.41) is 2.73. The molecule has 1 atom stereocenters. The normalized spacial score (nSPS) is 21.4. The van der Waals surface area contributed by atoms with Gasteiger partial charge in [0.15, 0.2) is 11.9 Å². The van der Waals surface area contributed by atoms with Gasteiger partial charge in [0, 0.05) is 11.3 Å². The second-order valence-electron chi connectivity index (χ2n) is 5.15. The minimum absolute atomic E-state index is 0.00332. The maximum absolute atomic E-state index is 12.1. The zero-order valence-electron chi connectivity index (χ0n) is 11.4. The molecule has 0 radical (unpaired) electrons. The van der Waals surface area contributed by atoms with Crippen molar-refractivity contribution in [1.82, 2.24) is 0 Å². The first-order valence-corrected chi connectivity index (χ1v) is 7.92. The van der Waals surface area contributed by atoms with Crippen LogP contribution in [0.2, 0.25) is 0 Å². The van der Waals surface area contributed by atoms with Crippen LogP contribution < -0.4 is 5.32 Å².